The maximum absolute atomic E-state index is 10.8. The highest BCUT2D eigenvalue weighted by molar-refractivity contribution is 7.90. The smallest absolute Gasteiger partial charge is 0.151 e. The van der Waals surface area contributed by atoms with Gasteiger partial charge in [-0.25, -0.2) is 8.42 Å². The van der Waals surface area contributed by atoms with Gasteiger partial charge in [-0.05, 0) is 13.3 Å². The number of sulfone groups is 1. The van der Waals surface area contributed by atoms with E-state index in [0.29, 0.717) is 0 Å². The molecule has 0 radical (unpaired) electrons. The molecule has 13 heavy (non-hydrogen) atoms. The summed E-state index contributed by atoms with van der Waals surface area (Å²) in [5.74, 6) is 0.126. The summed E-state index contributed by atoms with van der Waals surface area (Å²) in [6.45, 7) is 5.46. The van der Waals surface area contributed by atoms with E-state index < -0.39 is 9.84 Å². The third kappa shape index (κ3) is 9.08. The van der Waals surface area contributed by atoms with Crippen molar-refractivity contribution in [2.24, 2.45) is 0 Å². The highest BCUT2D eigenvalue weighted by Crippen LogP contribution is 2.01. The van der Waals surface area contributed by atoms with Crippen LogP contribution in [0.5, 0.6) is 0 Å². The molecule has 0 aliphatic rings. The van der Waals surface area contributed by atoms with E-state index in [9.17, 15) is 8.42 Å². The van der Waals surface area contributed by atoms with Crippen molar-refractivity contribution in [2.45, 2.75) is 13.3 Å². The normalized spacial score (nSPS) is 13.5. The minimum absolute atomic E-state index is 0.126. The summed E-state index contributed by atoms with van der Waals surface area (Å²) < 4.78 is 21.6. The van der Waals surface area contributed by atoms with E-state index in [0.717, 1.165) is 12.0 Å². The van der Waals surface area contributed by atoms with Gasteiger partial charge in [-0.1, -0.05) is 36.5 Å². The van der Waals surface area contributed by atoms with Gasteiger partial charge in [0.2, 0.25) is 0 Å². The van der Waals surface area contributed by atoms with Gasteiger partial charge >= 0.3 is 0 Å². The van der Waals surface area contributed by atoms with E-state index in [-0.39, 0.29) is 5.75 Å². The lowest BCUT2D eigenvalue weighted by molar-refractivity contribution is 0.604. The molecule has 0 spiro atoms. The van der Waals surface area contributed by atoms with Crippen LogP contribution < -0.4 is 0 Å². The molecular formula is C10H16O2S. The highest BCUT2D eigenvalue weighted by Gasteiger charge is 1.97. The monoisotopic (exact) mass is 200 g/mol. The summed E-state index contributed by atoms with van der Waals surface area (Å²) in [7, 11) is -2.87. The first kappa shape index (κ1) is 12.2. The first-order chi connectivity index (χ1) is 5.95. The summed E-state index contributed by atoms with van der Waals surface area (Å²) in [5.41, 5.74) is 1.06. The zero-order chi connectivity index (χ0) is 10.3. The standard InChI is InChI=1S/C10H16O2S/c1-4-5-6-7-10(2)8-9-13(3,11)12/h4-6,8H,1,7,9H2,2-3H3/b6-5-,10-8-. The van der Waals surface area contributed by atoms with Crippen LogP contribution in [-0.2, 0) is 9.84 Å². The van der Waals surface area contributed by atoms with Crippen LogP contribution in [0.3, 0.4) is 0 Å². The first-order valence-corrected chi connectivity index (χ1v) is 6.12. The Morgan fingerprint density at radius 3 is 2.54 bits per heavy atom. The SMILES string of the molecule is C=C/C=C\C/C(C)=C\CS(C)(=O)=O. The molecule has 0 fully saturated rings. The number of rotatable bonds is 5. The second-order valence-corrected chi connectivity index (χ2v) is 5.20. The first-order valence-electron chi connectivity index (χ1n) is 4.06. The Hall–Kier alpha value is -0.830. The van der Waals surface area contributed by atoms with Gasteiger partial charge in [0.25, 0.3) is 0 Å². The molecule has 74 valence electrons. The molecule has 0 aromatic carbocycles. The van der Waals surface area contributed by atoms with E-state index in [1.54, 1.807) is 12.2 Å². The van der Waals surface area contributed by atoms with Crippen LogP contribution in [0.15, 0.2) is 36.5 Å². The maximum atomic E-state index is 10.8. The topological polar surface area (TPSA) is 34.1 Å². The number of hydrogen-bond donors (Lipinski definition) is 0. The van der Waals surface area contributed by atoms with Crippen molar-refractivity contribution in [3.63, 3.8) is 0 Å². The highest BCUT2D eigenvalue weighted by atomic mass is 32.2. The molecule has 0 aliphatic heterocycles. The van der Waals surface area contributed by atoms with Crippen LogP contribution in [-0.4, -0.2) is 20.4 Å². The van der Waals surface area contributed by atoms with Gasteiger partial charge in [0, 0.05) is 6.26 Å². The van der Waals surface area contributed by atoms with Crippen molar-refractivity contribution >= 4 is 9.84 Å². The Balaban J connectivity index is 4.04. The van der Waals surface area contributed by atoms with Gasteiger partial charge < -0.3 is 0 Å². The lowest BCUT2D eigenvalue weighted by Gasteiger charge is -1.95. The number of allylic oxidation sites excluding steroid dienone is 4. The predicted molar refractivity (Wildman–Crippen MR) is 57.4 cm³/mol. The maximum Gasteiger partial charge on any atom is 0.151 e. The molecule has 0 aromatic heterocycles. The van der Waals surface area contributed by atoms with Crippen molar-refractivity contribution < 1.29 is 8.42 Å². The van der Waals surface area contributed by atoms with Gasteiger partial charge in [-0.2, -0.15) is 0 Å². The summed E-state index contributed by atoms with van der Waals surface area (Å²) in [5, 5.41) is 0. The molecule has 0 aromatic rings. The Morgan fingerprint density at radius 2 is 2.08 bits per heavy atom. The lowest BCUT2D eigenvalue weighted by atomic mass is 10.2. The zero-order valence-corrected chi connectivity index (χ0v) is 8.97. The summed E-state index contributed by atoms with van der Waals surface area (Å²) in [4.78, 5) is 0. The lowest BCUT2D eigenvalue weighted by Crippen LogP contribution is -2.00. The molecule has 0 bridgehead atoms. The van der Waals surface area contributed by atoms with Gasteiger partial charge in [-0.3, -0.25) is 0 Å². The number of hydrogen-bond acceptors (Lipinski definition) is 2. The Bertz CT molecular complexity index is 308. The molecule has 3 heteroatoms. The van der Waals surface area contributed by atoms with Crippen LogP contribution >= 0.6 is 0 Å². The Labute approximate surface area is 80.6 Å². The second kappa shape index (κ2) is 5.75. The van der Waals surface area contributed by atoms with E-state index in [4.69, 9.17) is 0 Å². The van der Waals surface area contributed by atoms with Crippen LogP contribution in [0.4, 0.5) is 0 Å². The summed E-state index contributed by atoms with van der Waals surface area (Å²) in [6.07, 6.45) is 9.24. The molecule has 0 aliphatic carbocycles. The van der Waals surface area contributed by atoms with Gasteiger partial charge in [0.1, 0.15) is 0 Å². The zero-order valence-electron chi connectivity index (χ0n) is 8.16. The molecule has 2 nitrogen and oxygen atoms in total. The quantitative estimate of drug-likeness (QED) is 0.503. The largest absolute Gasteiger partial charge is 0.229 e. The molecule has 0 atom stereocenters. The van der Waals surface area contributed by atoms with Crippen molar-refractivity contribution in [1.29, 1.82) is 0 Å². The molecule has 0 saturated heterocycles. The van der Waals surface area contributed by atoms with Gasteiger partial charge in [0.15, 0.2) is 9.84 Å². The molecule has 0 rings (SSSR count). The van der Waals surface area contributed by atoms with E-state index in [1.807, 2.05) is 19.1 Å². The van der Waals surface area contributed by atoms with E-state index in [2.05, 4.69) is 6.58 Å². The second-order valence-electron chi connectivity index (χ2n) is 3.01. The fraction of sp³-hybridized carbons (Fsp3) is 0.400. The minimum Gasteiger partial charge on any atom is -0.229 e. The van der Waals surface area contributed by atoms with Crippen molar-refractivity contribution in [3.8, 4) is 0 Å². The van der Waals surface area contributed by atoms with Crippen LogP contribution in [0.25, 0.3) is 0 Å². The summed E-state index contributed by atoms with van der Waals surface area (Å²) in [6, 6.07) is 0. The minimum atomic E-state index is -2.87. The third-order valence-corrected chi connectivity index (χ3v) is 2.22. The average Bonchev–Trinajstić information content (AvgIpc) is 2.00. The van der Waals surface area contributed by atoms with Crippen molar-refractivity contribution in [3.05, 3.63) is 36.5 Å². The molecule has 0 amide bonds. The fourth-order valence-corrected chi connectivity index (χ4v) is 1.31. The Morgan fingerprint density at radius 1 is 1.46 bits per heavy atom. The Kier molecular flexibility index (Phi) is 5.39. The van der Waals surface area contributed by atoms with Crippen LogP contribution in [0.2, 0.25) is 0 Å². The van der Waals surface area contributed by atoms with Crippen molar-refractivity contribution in [1.82, 2.24) is 0 Å². The molecule has 0 saturated carbocycles. The van der Waals surface area contributed by atoms with Crippen LogP contribution in [0.1, 0.15) is 13.3 Å². The van der Waals surface area contributed by atoms with Crippen LogP contribution in [0, 0.1) is 0 Å². The molecule has 0 heterocycles. The average molecular weight is 200 g/mol. The fourth-order valence-electron chi connectivity index (χ4n) is 0.727. The van der Waals surface area contributed by atoms with Gasteiger partial charge in [-0.15, -0.1) is 0 Å². The predicted octanol–water partition coefficient (Wildman–Crippen LogP) is 2.11. The molecular weight excluding hydrogens is 184 g/mol. The van der Waals surface area contributed by atoms with Gasteiger partial charge in [0.05, 0.1) is 5.75 Å². The third-order valence-electron chi connectivity index (χ3n) is 1.45. The molecule has 0 unspecified atom stereocenters. The van der Waals surface area contributed by atoms with E-state index in [1.165, 1.54) is 6.26 Å². The molecule has 0 N–H and O–H groups in total. The van der Waals surface area contributed by atoms with E-state index >= 15 is 0 Å². The summed E-state index contributed by atoms with van der Waals surface area (Å²) >= 11 is 0. The van der Waals surface area contributed by atoms with Crippen molar-refractivity contribution in [2.75, 3.05) is 12.0 Å².